The van der Waals surface area contributed by atoms with E-state index in [1.54, 1.807) is 24.4 Å². The maximum atomic E-state index is 12.6. The van der Waals surface area contributed by atoms with Crippen LogP contribution in [0, 0.1) is 13.8 Å². The van der Waals surface area contributed by atoms with Crippen molar-refractivity contribution in [3.05, 3.63) is 58.4 Å². The molecule has 3 rings (SSSR count). The van der Waals surface area contributed by atoms with Crippen LogP contribution in [0.15, 0.2) is 35.8 Å². The highest BCUT2D eigenvalue weighted by atomic mass is 32.1. The summed E-state index contributed by atoms with van der Waals surface area (Å²) in [7, 11) is 2.99. The lowest BCUT2D eigenvalue weighted by Crippen LogP contribution is -2.15. The van der Waals surface area contributed by atoms with Crippen LogP contribution in [0.5, 0.6) is 11.5 Å². The molecule has 0 amide bonds. The van der Waals surface area contributed by atoms with Gasteiger partial charge in [0, 0.05) is 28.5 Å². The number of ether oxygens (including phenoxy) is 3. The normalized spacial score (nSPS) is 10.6. The van der Waals surface area contributed by atoms with E-state index in [-0.39, 0.29) is 18.0 Å². The zero-order valence-electron chi connectivity index (χ0n) is 16.0. The molecule has 0 spiro atoms. The third kappa shape index (κ3) is 3.77. The molecule has 0 unspecified atom stereocenters. The lowest BCUT2D eigenvalue weighted by atomic mass is 10.1. The monoisotopic (exact) mass is 400 g/mol. The Morgan fingerprint density at radius 1 is 1.11 bits per heavy atom. The lowest BCUT2D eigenvalue weighted by molar-refractivity contribution is 0.0474. The van der Waals surface area contributed by atoms with Gasteiger partial charge in [0.25, 0.3) is 0 Å². The van der Waals surface area contributed by atoms with Crippen LogP contribution in [-0.2, 0) is 4.74 Å². The summed E-state index contributed by atoms with van der Waals surface area (Å²) in [6.45, 7) is 3.40. The first-order valence-electron chi connectivity index (χ1n) is 8.47. The number of hydrogen-bond acceptors (Lipinski definition) is 7. The van der Waals surface area contributed by atoms with Crippen molar-refractivity contribution < 1.29 is 23.8 Å². The maximum absolute atomic E-state index is 12.6. The Morgan fingerprint density at radius 2 is 1.86 bits per heavy atom. The number of thiazole rings is 1. The third-order valence-corrected chi connectivity index (χ3v) is 5.05. The number of Topliss-reactive ketones (excluding diaryl/α,β-unsaturated/α-hetero) is 1. The number of aryl methyl sites for hydroxylation is 1. The molecule has 0 bridgehead atoms. The zero-order chi connectivity index (χ0) is 20.3. The van der Waals surface area contributed by atoms with Gasteiger partial charge in [-0.05, 0) is 38.1 Å². The summed E-state index contributed by atoms with van der Waals surface area (Å²) < 4.78 is 17.4. The number of hydrogen-bond donors (Lipinski definition) is 0. The molecule has 2 heterocycles. The molecule has 0 saturated carbocycles. The molecule has 0 N–H and O–H groups in total. The van der Waals surface area contributed by atoms with Gasteiger partial charge < -0.3 is 14.2 Å². The van der Waals surface area contributed by atoms with Crippen LogP contribution in [0.2, 0.25) is 0 Å². The number of carbonyl (C=O) groups excluding carboxylic acids is 2. The van der Waals surface area contributed by atoms with E-state index < -0.39 is 5.97 Å². The molecule has 0 aliphatic carbocycles. The molecule has 0 fully saturated rings. The van der Waals surface area contributed by atoms with Crippen LogP contribution in [0.3, 0.4) is 0 Å². The lowest BCUT2D eigenvalue weighted by Gasteiger charge is -2.09. The highest BCUT2D eigenvalue weighted by Crippen LogP contribution is 2.28. The molecule has 0 atom stereocenters. The predicted molar refractivity (Wildman–Crippen MR) is 105 cm³/mol. The highest BCUT2D eigenvalue weighted by molar-refractivity contribution is 7.12. The SMILES string of the molecule is COc1ccc(C(=O)OCC(=O)c2cc(C)n(-c3nccs3)c2C)cc1OC. The fraction of sp³-hybridized carbons (Fsp3) is 0.250. The Labute approximate surface area is 166 Å². The fourth-order valence-corrected chi connectivity index (χ4v) is 3.67. The van der Waals surface area contributed by atoms with Crippen LogP contribution in [-0.4, -0.2) is 42.1 Å². The highest BCUT2D eigenvalue weighted by Gasteiger charge is 2.20. The van der Waals surface area contributed by atoms with Crippen molar-refractivity contribution >= 4 is 23.1 Å². The molecule has 0 radical (unpaired) electrons. The topological polar surface area (TPSA) is 79.7 Å². The molecule has 28 heavy (non-hydrogen) atoms. The molecule has 3 aromatic rings. The molecule has 1 aromatic carbocycles. The molecule has 2 aromatic heterocycles. The number of carbonyl (C=O) groups is 2. The van der Waals surface area contributed by atoms with Crippen molar-refractivity contribution in [2.24, 2.45) is 0 Å². The average molecular weight is 400 g/mol. The van der Waals surface area contributed by atoms with Gasteiger partial charge in [-0.15, -0.1) is 11.3 Å². The number of esters is 1. The van der Waals surface area contributed by atoms with Crippen molar-refractivity contribution in [1.29, 1.82) is 0 Å². The summed E-state index contributed by atoms with van der Waals surface area (Å²) >= 11 is 1.48. The fourth-order valence-electron chi connectivity index (χ4n) is 2.92. The minimum Gasteiger partial charge on any atom is -0.493 e. The van der Waals surface area contributed by atoms with Crippen molar-refractivity contribution in [3.8, 4) is 16.6 Å². The van der Waals surface area contributed by atoms with Gasteiger partial charge in [0.2, 0.25) is 5.78 Å². The average Bonchev–Trinajstić information content (AvgIpc) is 3.32. The molecule has 0 aliphatic heterocycles. The summed E-state index contributed by atoms with van der Waals surface area (Å²) in [6, 6.07) is 6.46. The second-order valence-corrected chi connectivity index (χ2v) is 6.88. The predicted octanol–water partition coefficient (Wildman–Crippen LogP) is 3.61. The van der Waals surface area contributed by atoms with Crippen LogP contribution in [0.1, 0.15) is 32.1 Å². The summed E-state index contributed by atoms with van der Waals surface area (Å²) in [5.41, 5.74) is 2.44. The van der Waals surface area contributed by atoms with Gasteiger partial charge in [-0.1, -0.05) is 0 Å². The first-order valence-corrected chi connectivity index (χ1v) is 9.35. The van der Waals surface area contributed by atoms with Crippen molar-refractivity contribution in [2.45, 2.75) is 13.8 Å². The largest absolute Gasteiger partial charge is 0.493 e. The Balaban J connectivity index is 1.73. The minimum atomic E-state index is -0.608. The third-order valence-electron chi connectivity index (χ3n) is 4.30. The molecule has 7 nitrogen and oxygen atoms in total. The van der Waals surface area contributed by atoms with E-state index in [1.807, 2.05) is 23.8 Å². The minimum absolute atomic E-state index is 0.273. The Bertz CT molecular complexity index is 1010. The van der Waals surface area contributed by atoms with E-state index in [9.17, 15) is 9.59 Å². The van der Waals surface area contributed by atoms with Crippen molar-refractivity contribution in [2.75, 3.05) is 20.8 Å². The summed E-state index contributed by atoms with van der Waals surface area (Å²) in [5.74, 6) is 0.0350. The number of methoxy groups -OCH3 is 2. The van der Waals surface area contributed by atoms with Crippen molar-refractivity contribution in [1.82, 2.24) is 9.55 Å². The van der Waals surface area contributed by atoms with Gasteiger partial charge in [-0.3, -0.25) is 9.36 Å². The van der Waals surface area contributed by atoms with E-state index in [2.05, 4.69) is 4.98 Å². The van der Waals surface area contributed by atoms with Gasteiger partial charge in [0.15, 0.2) is 23.2 Å². The standard InChI is InChI=1S/C20H20N2O5S/c1-12-9-15(13(2)22(12)20-21-7-8-28-20)16(23)11-27-19(24)14-5-6-17(25-3)18(10-14)26-4/h5-10H,11H2,1-4H3. The number of nitrogens with zero attached hydrogens (tertiary/aromatic N) is 2. The van der Waals surface area contributed by atoms with E-state index in [0.29, 0.717) is 17.1 Å². The Kier molecular flexibility index (Phi) is 5.79. The van der Waals surface area contributed by atoms with Gasteiger partial charge in [-0.2, -0.15) is 0 Å². The number of rotatable bonds is 7. The summed E-state index contributed by atoms with van der Waals surface area (Å²) in [6.07, 6.45) is 1.71. The van der Waals surface area contributed by atoms with Crippen LogP contribution in [0.4, 0.5) is 0 Å². The second kappa shape index (κ2) is 8.26. The summed E-state index contributed by atoms with van der Waals surface area (Å²) in [5, 5.41) is 2.66. The molecular formula is C20H20N2O5S. The van der Waals surface area contributed by atoms with Crippen LogP contribution >= 0.6 is 11.3 Å². The molecule has 0 saturated heterocycles. The van der Waals surface area contributed by atoms with E-state index >= 15 is 0 Å². The Morgan fingerprint density at radius 3 is 2.50 bits per heavy atom. The van der Waals surface area contributed by atoms with Crippen LogP contribution < -0.4 is 9.47 Å². The van der Waals surface area contributed by atoms with Gasteiger partial charge in [0.1, 0.15) is 0 Å². The number of benzene rings is 1. The zero-order valence-corrected chi connectivity index (χ0v) is 16.8. The molecule has 8 heteroatoms. The maximum Gasteiger partial charge on any atom is 0.338 e. The summed E-state index contributed by atoms with van der Waals surface area (Å²) in [4.78, 5) is 29.2. The van der Waals surface area contributed by atoms with Gasteiger partial charge >= 0.3 is 5.97 Å². The van der Waals surface area contributed by atoms with Crippen molar-refractivity contribution in [3.63, 3.8) is 0 Å². The quantitative estimate of drug-likeness (QED) is 0.445. The Hall–Kier alpha value is -3.13. The van der Waals surface area contributed by atoms with Crippen LogP contribution in [0.25, 0.3) is 5.13 Å². The van der Waals surface area contributed by atoms with E-state index in [1.165, 1.54) is 31.6 Å². The molecule has 0 aliphatic rings. The van der Waals surface area contributed by atoms with E-state index in [4.69, 9.17) is 14.2 Å². The first kappa shape index (κ1) is 19.6. The molecular weight excluding hydrogens is 380 g/mol. The number of aromatic nitrogens is 2. The van der Waals surface area contributed by atoms with E-state index in [0.717, 1.165) is 16.5 Å². The smallest absolute Gasteiger partial charge is 0.338 e. The van der Waals surface area contributed by atoms with Gasteiger partial charge in [0.05, 0.1) is 19.8 Å². The molecule has 146 valence electrons. The second-order valence-electron chi connectivity index (χ2n) is 6.00. The number of ketones is 1. The van der Waals surface area contributed by atoms with Gasteiger partial charge in [-0.25, -0.2) is 9.78 Å². The first-order chi connectivity index (χ1) is 13.5.